The summed E-state index contributed by atoms with van der Waals surface area (Å²) in [5, 5.41) is 1.97. The van der Waals surface area contributed by atoms with Crippen molar-refractivity contribution in [3.8, 4) is 169 Å². The molecule has 125 heavy (non-hydrogen) atoms. The molecule has 21 rings (SSSR count). The van der Waals surface area contributed by atoms with Crippen molar-refractivity contribution in [2.45, 2.75) is 19.3 Å². The van der Waals surface area contributed by atoms with Crippen LogP contribution in [0.4, 0.5) is 26.3 Å². The molecule has 0 unspecified atom stereocenters. The number of nitrogens with zero attached hydrogens (tertiary/aromatic N) is 10. The van der Waals surface area contributed by atoms with Crippen LogP contribution in [-0.2, 0) is 12.4 Å². The molecule has 0 amide bonds. The maximum absolute atomic E-state index is 14.9. The van der Waals surface area contributed by atoms with Gasteiger partial charge in [-0.2, -0.15) is 26.3 Å². The monoisotopic (exact) mass is 1630 g/mol. The maximum atomic E-state index is 14.9. The van der Waals surface area contributed by atoms with Crippen LogP contribution in [0, 0.1) is 6.92 Å². The van der Waals surface area contributed by atoms with Crippen molar-refractivity contribution >= 4 is 43.6 Å². The minimum atomic E-state index is -4.83. The summed E-state index contributed by atoms with van der Waals surface area (Å²) in [6.07, 6.45) is -9.66. The highest BCUT2D eigenvalue weighted by molar-refractivity contribution is 6.12. The number of benzene rings is 15. The van der Waals surface area contributed by atoms with E-state index in [-0.39, 0.29) is 27.6 Å². The van der Waals surface area contributed by atoms with Crippen molar-refractivity contribution < 1.29 is 26.3 Å². The third kappa shape index (κ3) is 14.5. The second kappa shape index (κ2) is 31.4. The summed E-state index contributed by atoms with van der Waals surface area (Å²) in [7, 11) is 0. The number of halogens is 6. The standard InChI is InChI=1S/C109H68F6N10/c1-67-58-77(47-52-82(67)76-46-53-84-83-44-26-27-45-95(83)125(100(84)61-76)99-55-49-78(104-116-89(68-28-10-2-11-29-68)64-90(117-104)69-30-12-3-13-31-69)59-87(99)106-120-93(72-36-18-6-19-37-72)66-94(121-106)73-38-20-7-21-39-73)101-102(74-40-22-8-23-41-74)122-107(123-103(101)75-42-24-9-25-43-75)88-60-79(105-118-91(70-32-14-4-15-33-70)65-92(119-105)71-34-16-5-17-35-71)48-54-98(88)124-96-56-50-80(108(110,111)112)62-85(96)86-63-81(109(113,114)115)51-57-97(86)124/h2-66H,1H3. The van der Waals surface area contributed by atoms with Crippen molar-refractivity contribution in [2.75, 3.05) is 0 Å². The highest BCUT2D eigenvalue weighted by Gasteiger charge is 2.35. The second-order valence-electron chi connectivity index (χ2n) is 30.8. The van der Waals surface area contributed by atoms with E-state index in [4.69, 9.17) is 39.9 Å². The fraction of sp³-hybridized carbons (Fsp3) is 0.0275. The lowest BCUT2D eigenvalue weighted by Gasteiger charge is -2.20. The molecule has 16 heteroatoms. The topological polar surface area (TPSA) is 113 Å². The lowest BCUT2D eigenvalue weighted by Crippen LogP contribution is -2.06. The van der Waals surface area contributed by atoms with E-state index in [2.05, 4.69) is 139 Å². The van der Waals surface area contributed by atoms with Crippen molar-refractivity contribution in [2.24, 2.45) is 0 Å². The maximum Gasteiger partial charge on any atom is 0.416 e. The smallest absolute Gasteiger partial charge is 0.309 e. The van der Waals surface area contributed by atoms with E-state index < -0.39 is 23.5 Å². The molecule has 0 atom stereocenters. The lowest BCUT2D eigenvalue weighted by atomic mass is 9.90. The third-order valence-electron chi connectivity index (χ3n) is 23.0. The lowest BCUT2D eigenvalue weighted by molar-refractivity contribution is -0.138. The van der Waals surface area contributed by atoms with Crippen LogP contribution in [0.1, 0.15) is 16.7 Å². The zero-order valence-corrected chi connectivity index (χ0v) is 66.8. The van der Waals surface area contributed by atoms with Gasteiger partial charge in [0, 0.05) is 93.9 Å². The van der Waals surface area contributed by atoms with Gasteiger partial charge in [0.2, 0.25) is 0 Å². The Labute approximate surface area is 714 Å². The van der Waals surface area contributed by atoms with Gasteiger partial charge in [0.1, 0.15) is 0 Å². The average Bonchev–Trinajstić information content (AvgIpc) is 1.60. The van der Waals surface area contributed by atoms with Gasteiger partial charge >= 0.3 is 12.4 Å². The first kappa shape index (κ1) is 76.2. The van der Waals surface area contributed by atoms with E-state index in [9.17, 15) is 26.3 Å². The Balaban J connectivity index is 0.764. The number of aromatic nitrogens is 10. The summed E-state index contributed by atoms with van der Waals surface area (Å²) >= 11 is 0. The first-order valence-corrected chi connectivity index (χ1v) is 40.8. The summed E-state index contributed by atoms with van der Waals surface area (Å²) in [4.78, 5) is 43.7. The highest BCUT2D eigenvalue weighted by Crippen LogP contribution is 2.48. The van der Waals surface area contributed by atoms with E-state index >= 15 is 0 Å². The fourth-order valence-corrected chi connectivity index (χ4v) is 17.0. The van der Waals surface area contributed by atoms with Gasteiger partial charge in [-0.25, -0.2) is 39.9 Å². The quantitative estimate of drug-likeness (QED) is 0.0879. The number of aryl methyl sites for hydroxylation is 1. The molecule has 6 heterocycles. The third-order valence-corrected chi connectivity index (χ3v) is 23.0. The van der Waals surface area contributed by atoms with Crippen LogP contribution in [0.25, 0.3) is 213 Å². The zero-order valence-electron chi connectivity index (χ0n) is 66.8. The summed E-state index contributed by atoms with van der Waals surface area (Å²) in [5.41, 5.74) is 20.3. The van der Waals surface area contributed by atoms with Crippen molar-refractivity contribution in [3.05, 3.63) is 411 Å². The van der Waals surface area contributed by atoms with Gasteiger partial charge in [0.25, 0.3) is 0 Å². The number of hydrogen-bond acceptors (Lipinski definition) is 8. The Morgan fingerprint density at radius 3 is 0.896 bits per heavy atom. The Bertz CT molecular complexity index is 7420. The van der Waals surface area contributed by atoms with Crippen LogP contribution >= 0.6 is 0 Å². The molecule has 0 radical (unpaired) electrons. The number of rotatable bonds is 16. The fourth-order valence-electron chi connectivity index (χ4n) is 17.0. The van der Waals surface area contributed by atoms with E-state index in [1.165, 1.54) is 12.1 Å². The van der Waals surface area contributed by atoms with Crippen LogP contribution < -0.4 is 0 Å². The van der Waals surface area contributed by atoms with E-state index in [1.807, 2.05) is 224 Å². The molecule has 0 fully saturated rings. The molecule has 0 N–H and O–H groups in total. The average molecular weight is 1630 g/mol. The van der Waals surface area contributed by atoms with E-state index in [1.54, 1.807) is 10.6 Å². The summed E-state index contributed by atoms with van der Waals surface area (Å²) in [6, 6.07) is 125. The number of fused-ring (bicyclic) bond motifs is 6. The van der Waals surface area contributed by atoms with Crippen LogP contribution in [-0.4, -0.2) is 49.0 Å². The molecule has 0 aliphatic carbocycles. The first-order valence-electron chi connectivity index (χ1n) is 40.8. The predicted octanol–water partition coefficient (Wildman–Crippen LogP) is 28.7. The number of hydrogen-bond donors (Lipinski definition) is 0. The van der Waals surface area contributed by atoms with Crippen LogP contribution in [0.5, 0.6) is 0 Å². The van der Waals surface area contributed by atoms with Crippen LogP contribution in [0.3, 0.4) is 0 Å². The number of para-hydroxylation sites is 1. The Kier molecular flexibility index (Phi) is 19.2. The Morgan fingerprint density at radius 2 is 0.520 bits per heavy atom. The second-order valence-corrected chi connectivity index (χ2v) is 30.8. The van der Waals surface area contributed by atoms with Crippen molar-refractivity contribution in [1.29, 1.82) is 0 Å². The Morgan fingerprint density at radius 1 is 0.208 bits per heavy atom. The van der Waals surface area contributed by atoms with E-state index in [0.717, 1.165) is 152 Å². The molecule has 0 aliphatic heterocycles. The van der Waals surface area contributed by atoms with Crippen molar-refractivity contribution in [1.82, 2.24) is 49.0 Å². The van der Waals surface area contributed by atoms with E-state index in [0.29, 0.717) is 62.6 Å². The molecule has 21 aromatic rings. The van der Waals surface area contributed by atoms with Crippen molar-refractivity contribution in [3.63, 3.8) is 0 Å². The summed E-state index contributed by atoms with van der Waals surface area (Å²) in [5.74, 6) is 1.53. The predicted molar refractivity (Wildman–Crippen MR) is 488 cm³/mol. The summed E-state index contributed by atoms with van der Waals surface area (Å²) < 4.78 is 93.5. The number of alkyl halides is 6. The first-order chi connectivity index (χ1) is 61.1. The minimum absolute atomic E-state index is 0.0430. The molecule has 596 valence electrons. The largest absolute Gasteiger partial charge is 0.416 e. The van der Waals surface area contributed by atoms with Gasteiger partial charge in [-0.15, -0.1) is 0 Å². The normalized spacial score (nSPS) is 11.8. The van der Waals surface area contributed by atoms with Gasteiger partial charge < -0.3 is 9.13 Å². The molecule has 0 spiro atoms. The molecule has 10 nitrogen and oxygen atoms in total. The highest BCUT2D eigenvalue weighted by atomic mass is 19.4. The van der Waals surface area contributed by atoms with Crippen LogP contribution in [0.2, 0.25) is 0 Å². The van der Waals surface area contributed by atoms with Crippen LogP contribution in [0.15, 0.2) is 394 Å². The van der Waals surface area contributed by atoms with Gasteiger partial charge in [-0.05, 0) is 132 Å². The Hall–Kier alpha value is -16.2. The molecule has 0 bridgehead atoms. The molecule has 0 saturated heterocycles. The molecule has 6 aromatic heterocycles. The molecule has 0 saturated carbocycles. The molecule has 0 aliphatic rings. The van der Waals surface area contributed by atoms with Gasteiger partial charge in [-0.3, -0.25) is 0 Å². The molecular formula is C109H68F6N10. The minimum Gasteiger partial charge on any atom is -0.309 e. The molecular weight excluding hydrogens is 1560 g/mol. The van der Waals surface area contributed by atoms with Gasteiger partial charge in [0.05, 0.1) is 90.1 Å². The van der Waals surface area contributed by atoms with Gasteiger partial charge in [0.15, 0.2) is 23.3 Å². The van der Waals surface area contributed by atoms with Gasteiger partial charge in [-0.1, -0.05) is 291 Å². The molecule has 15 aromatic carbocycles. The zero-order chi connectivity index (χ0) is 84.4. The summed E-state index contributed by atoms with van der Waals surface area (Å²) in [6.45, 7) is 2.10. The SMILES string of the molecule is Cc1cc(-c2c(-c3ccccc3)nc(-c3cc(-c4nc(-c5ccccc5)cc(-c5ccccc5)n4)ccc3-n3c4ccc(C(F)(F)F)cc4c4cc(C(F)(F)F)ccc43)nc2-c2ccccc2)ccc1-c1ccc2c3ccccc3n(-c3ccc(-c4nc(-c5ccccc5)cc(-c5ccccc5)n4)cc3-c3nc(-c4ccccc4)cc(-c4ccccc4)n3)c2c1.